The second-order valence-electron chi connectivity index (χ2n) is 2.84. The second-order valence-corrected chi connectivity index (χ2v) is 2.84. The van der Waals surface area contributed by atoms with E-state index >= 15 is 0 Å². The third-order valence-corrected chi connectivity index (χ3v) is 2.05. The van der Waals surface area contributed by atoms with Crippen molar-refractivity contribution < 1.29 is 4.74 Å². The first kappa shape index (κ1) is 7.80. The minimum atomic E-state index is 0.518. The normalized spacial score (nSPS) is 30.7. The molecule has 0 fully saturated rings. The van der Waals surface area contributed by atoms with Crippen LogP contribution >= 0.6 is 0 Å². The molecule has 0 aromatic carbocycles. The molecule has 58 valence electrons. The maximum atomic E-state index is 5.29. The van der Waals surface area contributed by atoms with E-state index in [2.05, 4.69) is 12.2 Å². The summed E-state index contributed by atoms with van der Waals surface area (Å²) < 4.78 is 5.29. The summed E-state index contributed by atoms with van der Waals surface area (Å²) in [5.74, 6) is 0. The highest BCUT2D eigenvalue weighted by Crippen LogP contribution is 2.13. The molecule has 1 aliphatic carbocycles. The van der Waals surface area contributed by atoms with Gasteiger partial charge in [0.05, 0.1) is 6.10 Å². The lowest BCUT2D eigenvalue weighted by Gasteiger charge is -2.14. The van der Waals surface area contributed by atoms with E-state index < -0.39 is 0 Å². The topological polar surface area (TPSA) is 9.23 Å². The molecule has 1 rings (SSSR count). The molecule has 0 radical (unpaired) electrons. The van der Waals surface area contributed by atoms with Crippen LogP contribution in [0.5, 0.6) is 0 Å². The van der Waals surface area contributed by atoms with Crippen molar-refractivity contribution in [3.05, 3.63) is 12.2 Å². The van der Waals surface area contributed by atoms with Crippen molar-refractivity contribution in [2.45, 2.75) is 38.2 Å². The smallest absolute Gasteiger partial charge is 0.0574 e. The fourth-order valence-electron chi connectivity index (χ4n) is 1.36. The summed E-state index contributed by atoms with van der Waals surface area (Å²) >= 11 is 0. The van der Waals surface area contributed by atoms with E-state index in [1.165, 1.54) is 32.1 Å². The molecule has 0 N–H and O–H groups in total. The largest absolute Gasteiger partial charge is 0.381 e. The monoisotopic (exact) mass is 140 g/mol. The highest BCUT2D eigenvalue weighted by molar-refractivity contribution is 4.85. The number of allylic oxidation sites excluding steroid dienone is 2. The van der Waals surface area contributed by atoms with Crippen LogP contribution < -0.4 is 0 Å². The van der Waals surface area contributed by atoms with E-state index in [0.717, 1.165) is 0 Å². The summed E-state index contributed by atoms with van der Waals surface area (Å²) in [5, 5.41) is 0. The zero-order valence-corrected chi connectivity index (χ0v) is 6.68. The Kier molecular flexibility index (Phi) is 3.52. The molecule has 1 heteroatoms. The van der Waals surface area contributed by atoms with Gasteiger partial charge in [-0.1, -0.05) is 12.2 Å². The van der Waals surface area contributed by atoms with Crippen molar-refractivity contribution in [2.24, 2.45) is 0 Å². The molecule has 0 aromatic rings. The predicted molar refractivity (Wildman–Crippen MR) is 43.0 cm³/mol. The third-order valence-electron chi connectivity index (χ3n) is 2.05. The molecule has 10 heavy (non-hydrogen) atoms. The summed E-state index contributed by atoms with van der Waals surface area (Å²) in [5.41, 5.74) is 0. The molecular formula is C9H16O. The van der Waals surface area contributed by atoms with Crippen LogP contribution in [0.4, 0.5) is 0 Å². The van der Waals surface area contributed by atoms with Gasteiger partial charge in [0.25, 0.3) is 0 Å². The first-order valence-electron chi connectivity index (χ1n) is 4.11. The van der Waals surface area contributed by atoms with E-state index in [-0.39, 0.29) is 0 Å². The van der Waals surface area contributed by atoms with Crippen molar-refractivity contribution in [3.63, 3.8) is 0 Å². The quantitative estimate of drug-likeness (QED) is 0.508. The van der Waals surface area contributed by atoms with Crippen LogP contribution in [0.1, 0.15) is 32.1 Å². The highest BCUT2D eigenvalue weighted by atomic mass is 16.5. The van der Waals surface area contributed by atoms with Crippen molar-refractivity contribution in [3.8, 4) is 0 Å². The average Bonchev–Trinajstić information content (AvgIpc) is 1.87. The van der Waals surface area contributed by atoms with Gasteiger partial charge in [-0.15, -0.1) is 0 Å². The number of hydrogen-bond acceptors (Lipinski definition) is 1. The van der Waals surface area contributed by atoms with Gasteiger partial charge in [0.1, 0.15) is 0 Å². The standard InChI is InChI=1S/C9H16O/c1-10-9-7-5-3-2-4-6-8-9/h2-3,9H,4-8H2,1H3/b3-2+/t9-/m1/s1. The summed E-state index contributed by atoms with van der Waals surface area (Å²) in [6.07, 6.45) is 11.2. The Balaban J connectivity index is 2.27. The maximum absolute atomic E-state index is 5.29. The van der Waals surface area contributed by atoms with E-state index in [4.69, 9.17) is 4.74 Å². The van der Waals surface area contributed by atoms with Crippen molar-refractivity contribution >= 4 is 0 Å². The summed E-state index contributed by atoms with van der Waals surface area (Å²) in [6, 6.07) is 0. The Morgan fingerprint density at radius 2 is 2.00 bits per heavy atom. The minimum Gasteiger partial charge on any atom is -0.381 e. The average molecular weight is 140 g/mol. The van der Waals surface area contributed by atoms with Crippen LogP contribution in [0.2, 0.25) is 0 Å². The van der Waals surface area contributed by atoms with E-state index in [1.54, 1.807) is 0 Å². The lowest BCUT2D eigenvalue weighted by Crippen LogP contribution is -2.10. The van der Waals surface area contributed by atoms with Gasteiger partial charge in [-0.3, -0.25) is 0 Å². The Hall–Kier alpha value is -0.300. The molecule has 0 aromatic heterocycles. The SMILES string of the molecule is CO[C@@H]1CC/C=C/CCC1. The van der Waals surface area contributed by atoms with Crippen molar-refractivity contribution in [2.75, 3.05) is 7.11 Å². The number of hydrogen-bond donors (Lipinski definition) is 0. The fraction of sp³-hybridized carbons (Fsp3) is 0.778. The maximum Gasteiger partial charge on any atom is 0.0574 e. The van der Waals surface area contributed by atoms with Crippen LogP contribution in [0.15, 0.2) is 12.2 Å². The highest BCUT2D eigenvalue weighted by Gasteiger charge is 2.06. The van der Waals surface area contributed by atoms with Gasteiger partial charge >= 0.3 is 0 Å². The summed E-state index contributed by atoms with van der Waals surface area (Å²) in [4.78, 5) is 0. The summed E-state index contributed by atoms with van der Waals surface area (Å²) in [6.45, 7) is 0. The molecule has 0 saturated carbocycles. The molecule has 0 saturated heterocycles. The zero-order valence-electron chi connectivity index (χ0n) is 6.68. The molecule has 0 bridgehead atoms. The third kappa shape index (κ3) is 2.53. The van der Waals surface area contributed by atoms with Gasteiger partial charge < -0.3 is 4.74 Å². The van der Waals surface area contributed by atoms with Gasteiger partial charge in [-0.2, -0.15) is 0 Å². The summed E-state index contributed by atoms with van der Waals surface area (Å²) in [7, 11) is 1.82. The Bertz CT molecular complexity index is 107. The van der Waals surface area contributed by atoms with Crippen LogP contribution in [0.3, 0.4) is 0 Å². The molecule has 0 aliphatic heterocycles. The molecule has 0 amide bonds. The Morgan fingerprint density at radius 1 is 1.20 bits per heavy atom. The van der Waals surface area contributed by atoms with Gasteiger partial charge in [-0.05, 0) is 32.1 Å². The lowest BCUT2D eigenvalue weighted by molar-refractivity contribution is 0.0864. The number of ether oxygens (including phenoxy) is 1. The molecular weight excluding hydrogens is 124 g/mol. The molecule has 1 atom stereocenters. The lowest BCUT2D eigenvalue weighted by atomic mass is 10.0. The van der Waals surface area contributed by atoms with Crippen LogP contribution in [-0.4, -0.2) is 13.2 Å². The van der Waals surface area contributed by atoms with Gasteiger partial charge in [0.2, 0.25) is 0 Å². The van der Waals surface area contributed by atoms with Crippen molar-refractivity contribution in [1.29, 1.82) is 0 Å². The van der Waals surface area contributed by atoms with Crippen LogP contribution in [0, 0.1) is 0 Å². The van der Waals surface area contributed by atoms with Crippen LogP contribution in [0.25, 0.3) is 0 Å². The van der Waals surface area contributed by atoms with E-state index in [1.807, 2.05) is 7.11 Å². The first-order valence-corrected chi connectivity index (χ1v) is 4.11. The predicted octanol–water partition coefficient (Wildman–Crippen LogP) is 2.52. The van der Waals surface area contributed by atoms with Crippen molar-refractivity contribution in [1.82, 2.24) is 0 Å². The van der Waals surface area contributed by atoms with Gasteiger partial charge in [0, 0.05) is 7.11 Å². The number of rotatable bonds is 1. The van der Waals surface area contributed by atoms with Gasteiger partial charge in [-0.25, -0.2) is 0 Å². The van der Waals surface area contributed by atoms with E-state index in [9.17, 15) is 0 Å². The Labute approximate surface area is 63.1 Å². The second kappa shape index (κ2) is 4.51. The molecule has 0 spiro atoms. The molecule has 1 nitrogen and oxygen atoms in total. The molecule has 0 heterocycles. The first-order chi connectivity index (χ1) is 4.93. The minimum absolute atomic E-state index is 0.518. The molecule has 1 aliphatic rings. The fourth-order valence-corrected chi connectivity index (χ4v) is 1.36. The van der Waals surface area contributed by atoms with Gasteiger partial charge in [0.15, 0.2) is 0 Å². The number of methoxy groups -OCH3 is 1. The van der Waals surface area contributed by atoms with Crippen LogP contribution in [-0.2, 0) is 4.74 Å². The Morgan fingerprint density at radius 3 is 2.80 bits per heavy atom. The molecule has 0 unspecified atom stereocenters. The van der Waals surface area contributed by atoms with E-state index in [0.29, 0.717) is 6.10 Å². The zero-order chi connectivity index (χ0) is 7.23.